The van der Waals surface area contributed by atoms with Gasteiger partial charge in [-0.2, -0.15) is 0 Å². The molecular weight excluding hydrogens is 141 g/mol. The Hall–Kier alpha value is -0.630. The Bertz CT molecular complexity index is 204. The number of allylic oxidation sites excluding steroid dienone is 2. The molecule has 1 aliphatic carbocycles. The number of hydrogen-bond donors (Lipinski definition) is 1. The van der Waals surface area contributed by atoms with E-state index in [9.17, 15) is 4.39 Å². The van der Waals surface area contributed by atoms with E-state index in [0.717, 1.165) is 6.42 Å². The number of nitrogens with two attached hydrogens (primary N) is 1. The molecule has 0 aliphatic heterocycles. The molecule has 0 aromatic heterocycles. The maximum absolute atomic E-state index is 13.2. The average Bonchev–Trinajstić information content (AvgIpc) is 1.94. The van der Waals surface area contributed by atoms with E-state index in [1.54, 1.807) is 13.0 Å². The van der Waals surface area contributed by atoms with Crippen LogP contribution in [0.25, 0.3) is 0 Å². The normalized spacial score (nSPS) is 27.5. The first-order valence-electron chi connectivity index (χ1n) is 3.94. The number of hydrogen-bond acceptors (Lipinski definition) is 1. The molecule has 11 heavy (non-hydrogen) atoms. The van der Waals surface area contributed by atoms with Crippen LogP contribution >= 0.6 is 0 Å². The van der Waals surface area contributed by atoms with Crippen LogP contribution in [0.5, 0.6) is 0 Å². The van der Waals surface area contributed by atoms with Crippen molar-refractivity contribution in [2.24, 2.45) is 11.7 Å². The van der Waals surface area contributed by atoms with E-state index >= 15 is 0 Å². The molecule has 1 rings (SSSR count). The molecule has 0 heterocycles. The van der Waals surface area contributed by atoms with Crippen LogP contribution < -0.4 is 5.73 Å². The van der Waals surface area contributed by atoms with Crippen LogP contribution in [-0.2, 0) is 0 Å². The molecule has 2 atom stereocenters. The fourth-order valence-electron chi connectivity index (χ4n) is 1.24. The van der Waals surface area contributed by atoms with Crippen molar-refractivity contribution in [1.82, 2.24) is 0 Å². The van der Waals surface area contributed by atoms with E-state index in [1.807, 2.05) is 13.0 Å². The first-order chi connectivity index (χ1) is 5.13. The largest absolute Gasteiger partial charge is 0.324 e. The van der Waals surface area contributed by atoms with Gasteiger partial charge in [-0.3, -0.25) is 0 Å². The van der Waals surface area contributed by atoms with Crippen LogP contribution in [0.15, 0.2) is 23.6 Å². The maximum Gasteiger partial charge on any atom is 0.108 e. The fourth-order valence-corrected chi connectivity index (χ4v) is 1.24. The SMILES string of the molecule is CC(N)C1=C(F)C(C)CC=C1. The van der Waals surface area contributed by atoms with Crippen LogP contribution in [0.2, 0.25) is 0 Å². The average molecular weight is 155 g/mol. The van der Waals surface area contributed by atoms with Crippen LogP contribution in [0, 0.1) is 5.92 Å². The van der Waals surface area contributed by atoms with Gasteiger partial charge in [0.2, 0.25) is 0 Å². The van der Waals surface area contributed by atoms with E-state index in [4.69, 9.17) is 5.73 Å². The van der Waals surface area contributed by atoms with Crippen molar-refractivity contribution in [3.8, 4) is 0 Å². The van der Waals surface area contributed by atoms with Gasteiger partial charge in [0, 0.05) is 12.0 Å². The van der Waals surface area contributed by atoms with Gasteiger partial charge >= 0.3 is 0 Å². The van der Waals surface area contributed by atoms with Gasteiger partial charge in [-0.1, -0.05) is 19.1 Å². The van der Waals surface area contributed by atoms with Gasteiger partial charge in [0.1, 0.15) is 5.83 Å². The Labute approximate surface area is 66.8 Å². The third-order valence-electron chi connectivity index (χ3n) is 1.99. The van der Waals surface area contributed by atoms with Gasteiger partial charge in [-0.25, -0.2) is 4.39 Å². The lowest BCUT2D eigenvalue weighted by molar-refractivity contribution is 0.475. The summed E-state index contributed by atoms with van der Waals surface area (Å²) in [5.41, 5.74) is 6.23. The highest BCUT2D eigenvalue weighted by Gasteiger charge is 2.17. The Morgan fingerprint density at radius 3 is 2.82 bits per heavy atom. The third kappa shape index (κ3) is 1.69. The van der Waals surface area contributed by atoms with Crippen molar-refractivity contribution in [2.75, 3.05) is 0 Å². The molecule has 0 fully saturated rings. The van der Waals surface area contributed by atoms with Crippen molar-refractivity contribution in [2.45, 2.75) is 26.3 Å². The first-order valence-corrected chi connectivity index (χ1v) is 3.94. The topological polar surface area (TPSA) is 26.0 Å². The summed E-state index contributed by atoms with van der Waals surface area (Å²) in [6.45, 7) is 3.68. The lowest BCUT2D eigenvalue weighted by Gasteiger charge is -2.17. The predicted molar refractivity (Wildman–Crippen MR) is 44.7 cm³/mol. The summed E-state index contributed by atoms with van der Waals surface area (Å²) in [5.74, 6) is -0.0245. The molecule has 0 saturated carbocycles. The zero-order chi connectivity index (χ0) is 8.43. The quantitative estimate of drug-likeness (QED) is 0.617. The molecule has 2 heteroatoms. The summed E-state index contributed by atoms with van der Waals surface area (Å²) in [7, 11) is 0. The lowest BCUT2D eigenvalue weighted by atomic mass is 9.93. The molecule has 0 amide bonds. The molecule has 0 aromatic rings. The summed E-state index contributed by atoms with van der Waals surface area (Å²) < 4.78 is 13.2. The second kappa shape index (κ2) is 3.18. The zero-order valence-corrected chi connectivity index (χ0v) is 6.97. The summed E-state index contributed by atoms with van der Waals surface area (Å²) in [5, 5.41) is 0. The molecular formula is C9H14FN. The summed E-state index contributed by atoms with van der Waals surface area (Å²) in [4.78, 5) is 0. The van der Waals surface area contributed by atoms with Crippen molar-refractivity contribution in [1.29, 1.82) is 0 Å². The van der Waals surface area contributed by atoms with Gasteiger partial charge in [-0.05, 0) is 18.9 Å². The van der Waals surface area contributed by atoms with Crippen molar-refractivity contribution < 1.29 is 4.39 Å². The molecule has 0 saturated heterocycles. The van der Waals surface area contributed by atoms with E-state index in [0.29, 0.717) is 5.57 Å². The van der Waals surface area contributed by atoms with Crippen molar-refractivity contribution in [3.63, 3.8) is 0 Å². The fraction of sp³-hybridized carbons (Fsp3) is 0.556. The van der Waals surface area contributed by atoms with Crippen molar-refractivity contribution >= 4 is 0 Å². The Balaban J connectivity index is 2.89. The van der Waals surface area contributed by atoms with E-state index in [1.165, 1.54) is 0 Å². The molecule has 1 nitrogen and oxygen atoms in total. The van der Waals surface area contributed by atoms with Gasteiger partial charge < -0.3 is 5.73 Å². The lowest BCUT2D eigenvalue weighted by Crippen LogP contribution is -2.20. The van der Waals surface area contributed by atoms with E-state index in [-0.39, 0.29) is 17.8 Å². The molecule has 0 radical (unpaired) electrons. The highest BCUT2D eigenvalue weighted by molar-refractivity contribution is 5.31. The number of rotatable bonds is 1. The Kier molecular flexibility index (Phi) is 2.45. The minimum absolute atomic E-state index is 0.0148. The van der Waals surface area contributed by atoms with Gasteiger partial charge in [0.15, 0.2) is 0 Å². The second-order valence-corrected chi connectivity index (χ2v) is 3.13. The predicted octanol–water partition coefficient (Wildman–Crippen LogP) is 2.15. The van der Waals surface area contributed by atoms with Crippen LogP contribution in [0.4, 0.5) is 4.39 Å². The summed E-state index contributed by atoms with van der Waals surface area (Å²) in [6.07, 6.45) is 4.56. The van der Waals surface area contributed by atoms with Gasteiger partial charge in [0.25, 0.3) is 0 Å². The van der Waals surface area contributed by atoms with Crippen LogP contribution in [-0.4, -0.2) is 6.04 Å². The highest BCUT2D eigenvalue weighted by atomic mass is 19.1. The Morgan fingerprint density at radius 1 is 1.73 bits per heavy atom. The zero-order valence-electron chi connectivity index (χ0n) is 6.97. The summed E-state index contributed by atoms with van der Waals surface area (Å²) >= 11 is 0. The van der Waals surface area contributed by atoms with E-state index in [2.05, 4.69) is 0 Å². The number of halogens is 1. The van der Waals surface area contributed by atoms with E-state index < -0.39 is 0 Å². The molecule has 1 aliphatic rings. The van der Waals surface area contributed by atoms with Gasteiger partial charge in [-0.15, -0.1) is 0 Å². The molecule has 0 spiro atoms. The van der Waals surface area contributed by atoms with Crippen molar-refractivity contribution in [3.05, 3.63) is 23.6 Å². The molecule has 0 bridgehead atoms. The molecule has 62 valence electrons. The minimum Gasteiger partial charge on any atom is -0.324 e. The van der Waals surface area contributed by atoms with Gasteiger partial charge in [0.05, 0.1) is 0 Å². The maximum atomic E-state index is 13.2. The highest BCUT2D eigenvalue weighted by Crippen LogP contribution is 2.26. The molecule has 0 aromatic carbocycles. The molecule has 2 N–H and O–H groups in total. The summed E-state index contributed by atoms with van der Waals surface area (Å²) in [6, 6.07) is -0.186. The standard InChI is InChI=1S/C9H14FN/c1-6-4-3-5-8(7(2)11)9(6)10/h3,5-7H,4,11H2,1-2H3. The first kappa shape index (κ1) is 8.47. The smallest absolute Gasteiger partial charge is 0.108 e. The van der Waals surface area contributed by atoms with Crippen LogP contribution in [0.1, 0.15) is 20.3 Å². The Morgan fingerprint density at radius 2 is 2.36 bits per heavy atom. The monoisotopic (exact) mass is 155 g/mol. The molecule has 2 unspecified atom stereocenters. The third-order valence-corrected chi connectivity index (χ3v) is 1.99. The minimum atomic E-state index is -0.186. The van der Waals surface area contributed by atoms with Crippen LogP contribution in [0.3, 0.4) is 0 Å². The second-order valence-electron chi connectivity index (χ2n) is 3.13.